The molecular formula is C24H24F3N5O. The highest BCUT2D eigenvalue weighted by Crippen LogP contribution is 2.36. The Balaban J connectivity index is 1.65. The van der Waals surface area contributed by atoms with Gasteiger partial charge in [0.25, 0.3) is 0 Å². The van der Waals surface area contributed by atoms with Gasteiger partial charge in [-0.2, -0.15) is 13.2 Å². The number of benzene rings is 1. The lowest BCUT2D eigenvalue weighted by Crippen LogP contribution is -2.43. The topological polar surface area (TPSA) is 98.1 Å². The largest absolute Gasteiger partial charge is 0.417 e. The van der Waals surface area contributed by atoms with Crippen LogP contribution in [0.1, 0.15) is 34.5 Å². The molecule has 33 heavy (non-hydrogen) atoms. The first kappa shape index (κ1) is 22.7. The minimum absolute atomic E-state index is 0.0313. The zero-order chi connectivity index (χ0) is 23.6. The fraction of sp³-hybridized carbons (Fsp3) is 0.292. The number of alkyl halides is 3. The Kier molecular flexibility index (Phi) is 6.33. The van der Waals surface area contributed by atoms with Crippen molar-refractivity contribution in [1.29, 1.82) is 0 Å². The Bertz CT molecular complexity index is 1160. The van der Waals surface area contributed by atoms with E-state index in [4.69, 9.17) is 11.5 Å². The molecule has 3 aromatic rings. The molecule has 2 aromatic heterocycles. The van der Waals surface area contributed by atoms with E-state index in [-0.39, 0.29) is 35.1 Å². The quantitative estimate of drug-likeness (QED) is 0.562. The number of hydrogen-bond donors (Lipinski definition) is 2. The first-order valence-electron chi connectivity index (χ1n) is 10.6. The van der Waals surface area contributed by atoms with Gasteiger partial charge in [0, 0.05) is 54.8 Å². The number of carbonyl (C=O) groups excluding carboxylic acids is 1. The van der Waals surface area contributed by atoms with Crippen LogP contribution in [0, 0.1) is 0 Å². The molecule has 1 aromatic carbocycles. The van der Waals surface area contributed by atoms with E-state index in [2.05, 4.69) is 14.9 Å². The first-order valence-corrected chi connectivity index (χ1v) is 10.6. The highest BCUT2D eigenvalue weighted by Gasteiger charge is 2.34. The second kappa shape index (κ2) is 9.19. The van der Waals surface area contributed by atoms with E-state index in [0.717, 1.165) is 31.1 Å². The highest BCUT2D eigenvalue weighted by molar-refractivity contribution is 6.01. The molecule has 0 aliphatic carbocycles. The number of Topliss-reactive ketones (excluding diaryl/α,β-unsaturated/α-hetero) is 1. The minimum Gasteiger partial charge on any atom is -0.397 e. The van der Waals surface area contributed by atoms with Crippen LogP contribution in [-0.2, 0) is 12.6 Å². The van der Waals surface area contributed by atoms with Crippen molar-refractivity contribution in [3.8, 4) is 11.3 Å². The number of ketones is 1. The highest BCUT2D eigenvalue weighted by atomic mass is 19.4. The number of nitrogen functional groups attached to an aromatic ring is 1. The number of anilines is 2. The zero-order valence-electron chi connectivity index (χ0n) is 17.8. The fourth-order valence-corrected chi connectivity index (χ4v) is 4.15. The summed E-state index contributed by atoms with van der Waals surface area (Å²) >= 11 is 0. The van der Waals surface area contributed by atoms with Gasteiger partial charge in [-0.25, -0.2) is 4.98 Å². The van der Waals surface area contributed by atoms with Crippen LogP contribution >= 0.6 is 0 Å². The fourth-order valence-electron chi connectivity index (χ4n) is 4.15. The summed E-state index contributed by atoms with van der Waals surface area (Å²) in [6.07, 6.45) is 0.589. The molecule has 0 saturated carbocycles. The normalized spacial score (nSPS) is 16.6. The monoisotopic (exact) mass is 455 g/mol. The van der Waals surface area contributed by atoms with Gasteiger partial charge in [0.1, 0.15) is 5.69 Å². The Morgan fingerprint density at radius 3 is 2.70 bits per heavy atom. The van der Waals surface area contributed by atoms with Crippen molar-refractivity contribution in [1.82, 2.24) is 9.97 Å². The molecule has 1 saturated heterocycles. The lowest BCUT2D eigenvalue weighted by molar-refractivity contribution is -0.137. The van der Waals surface area contributed by atoms with Crippen LogP contribution in [0.2, 0.25) is 0 Å². The van der Waals surface area contributed by atoms with Crippen molar-refractivity contribution in [3.05, 3.63) is 71.7 Å². The Hall–Kier alpha value is -3.46. The van der Waals surface area contributed by atoms with Gasteiger partial charge in [-0.1, -0.05) is 18.2 Å². The summed E-state index contributed by atoms with van der Waals surface area (Å²) in [5, 5.41) is 0. The molecule has 0 amide bonds. The molecule has 6 nitrogen and oxygen atoms in total. The lowest BCUT2D eigenvalue weighted by atomic mass is 10.0. The number of rotatable bonds is 5. The summed E-state index contributed by atoms with van der Waals surface area (Å²) < 4.78 is 40.4. The molecule has 1 fully saturated rings. The number of carbonyl (C=O) groups is 1. The molecule has 4 N–H and O–H groups in total. The van der Waals surface area contributed by atoms with E-state index in [9.17, 15) is 18.0 Å². The van der Waals surface area contributed by atoms with Crippen molar-refractivity contribution in [2.24, 2.45) is 5.73 Å². The summed E-state index contributed by atoms with van der Waals surface area (Å²) in [7, 11) is 0. The lowest BCUT2D eigenvalue weighted by Gasteiger charge is -2.33. The predicted molar refractivity (Wildman–Crippen MR) is 121 cm³/mol. The average Bonchev–Trinajstić information content (AvgIpc) is 2.79. The van der Waals surface area contributed by atoms with E-state index >= 15 is 0 Å². The molecule has 0 spiro atoms. The van der Waals surface area contributed by atoms with E-state index in [1.54, 1.807) is 12.4 Å². The molecule has 1 aliphatic rings. The number of nitrogens with two attached hydrogens (primary N) is 2. The van der Waals surface area contributed by atoms with Crippen molar-refractivity contribution in [2.75, 3.05) is 23.7 Å². The molecule has 1 aliphatic heterocycles. The van der Waals surface area contributed by atoms with Crippen LogP contribution < -0.4 is 16.4 Å². The summed E-state index contributed by atoms with van der Waals surface area (Å²) in [4.78, 5) is 23.7. The second-order valence-corrected chi connectivity index (χ2v) is 8.13. The van der Waals surface area contributed by atoms with Crippen LogP contribution in [0.5, 0.6) is 0 Å². The van der Waals surface area contributed by atoms with Gasteiger partial charge in [0.05, 0.1) is 16.9 Å². The number of halogens is 3. The number of piperidine rings is 1. The van der Waals surface area contributed by atoms with Gasteiger partial charge in [-0.05, 0) is 37.1 Å². The first-order chi connectivity index (χ1) is 15.7. The zero-order valence-corrected chi connectivity index (χ0v) is 17.8. The summed E-state index contributed by atoms with van der Waals surface area (Å²) in [5.74, 6) is -0.394. The summed E-state index contributed by atoms with van der Waals surface area (Å²) in [6, 6.07) is 9.82. The Morgan fingerprint density at radius 1 is 1.15 bits per heavy atom. The number of pyridine rings is 2. The molecule has 0 radical (unpaired) electrons. The Morgan fingerprint density at radius 2 is 1.94 bits per heavy atom. The van der Waals surface area contributed by atoms with E-state index in [0.29, 0.717) is 12.1 Å². The van der Waals surface area contributed by atoms with Gasteiger partial charge < -0.3 is 16.4 Å². The molecule has 4 rings (SSSR count). The number of nitrogens with zero attached hydrogens (tertiary/aromatic N) is 3. The van der Waals surface area contributed by atoms with Crippen LogP contribution in [0.25, 0.3) is 11.3 Å². The van der Waals surface area contributed by atoms with Crippen molar-refractivity contribution < 1.29 is 18.0 Å². The maximum absolute atomic E-state index is 13.5. The third-order valence-electron chi connectivity index (χ3n) is 5.73. The van der Waals surface area contributed by atoms with E-state index in [1.807, 2.05) is 6.07 Å². The minimum atomic E-state index is -4.55. The van der Waals surface area contributed by atoms with Gasteiger partial charge in [-0.3, -0.25) is 9.78 Å². The van der Waals surface area contributed by atoms with Gasteiger partial charge in [-0.15, -0.1) is 0 Å². The number of hydrogen-bond acceptors (Lipinski definition) is 6. The van der Waals surface area contributed by atoms with Crippen molar-refractivity contribution >= 4 is 17.2 Å². The third-order valence-corrected chi connectivity index (χ3v) is 5.73. The van der Waals surface area contributed by atoms with Gasteiger partial charge >= 0.3 is 6.18 Å². The third kappa shape index (κ3) is 4.98. The molecule has 1 atom stereocenters. The molecule has 3 heterocycles. The van der Waals surface area contributed by atoms with Crippen LogP contribution in [0.4, 0.5) is 24.5 Å². The standard InChI is InChI=1S/C24H24F3N5O/c25-24(26,27)18-6-2-1-5-17(18)20-8-7-19(29)23(31-20)22(33)12-15-13-30-10-9-21(15)32-11-3-4-16(28)14-32/h1-2,5-10,13,16H,3-4,11-12,14,28-29H2/t16-/m0/s1. The van der Waals surface area contributed by atoms with Crippen LogP contribution in [-0.4, -0.2) is 34.9 Å². The molecule has 0 unspecified atom stereocenters. The smallest absolute Gasteiger partial charge is 0.397 e. The summed E-state index contributed by atoms with van der Waals surface area (Å²) in [5.41, 5.74) is 12.8. The summed E-state index contributed by atoms with van der Waals surface area (Å²) in [6.45, 7) is 1.50. The van der Waals surface area contributed by atoms with E-state index in [1.165, 1.54) is 30.3 Å². The molecule has 0 bridgehead atoms. The van der Waals surface area contributed by atoms with Crippen molar-refractivity contribution in [3.63, 3.8) is 0 Å². The van der Waals surface area contributed by atoms with Crippen molar-refractivity contribution in [2.45, 2.75) is 31.5 Å². The van der Waals surface area contributed by atoms with Gasteiger partial charge in [0.2, 0.25) is 0 Å². The van der Waals surface area contributed by atoms with Crippen LogP contribution in [0.3, 0.4) is 0 Å². The molecule has 9 heteroatoms. The maximum atomic E-state index is 13.5. The second-order valence-electron chi connectivity index (χ2n) is 8.13. The van der Waals surface area contributed by atoms with E-state index < -0.39 is 17.5 Å². The SMILES string of the molecule is Nc1ccc(-c2ccccc2C(F)(F)F)nc1C(=O)Cc1cnccc1N1CCC[C@H](N)C1. The predicted octanol–water partition coefficient (Wildman–Crippen LogP) is 4.10. The average molecular weight is 455 g/mol. The Labute approximate surface area is 189 Å². The maximum Gasteiger partial charge on any atom is 0.417 e. The van der Waals surface area contributed by atoms with Gasteiger partial charge in [0.15, 0.2) is 5.78 Å². The van der Waals surface area contributed by atoms with Crippen LogP contribution in [0.15, 0.2) is 54.9 Å². The number of aromatic nitrogens is 2. The molecule has 172 valence electrons. The molecular weight excluding hydrogens is 431 g/mol.